The fourth-order valence-electron chi connectivity index (χ4n) is 3.02. The number of amides is 1. The van der Waals surface area contributed by atoms with Gasteiger partial charge in [-0.1, -0.05) is 12.8 Å². The summed E-state index contributed by atoms with van der Waals surface area (Å²) in [6, 6.07) is 0.437. The number of hydrogen-bond donors (Lipinski definition) is 2. The van der Waals surface area contributed by atoms with Crippen molar-refractivity contribution in [3.8, 4) is 0 Å². The van der Waals surface area contributed by atoms with Crippen LogP contribution < -0.4 is 5.32 Å². The molecule has 1 unspecified atom stereocenters. The molecule has 1 aliphatic heterocycles. The zero-order valence-corrected chi connectivity index (χ0v) is 10.5. The molecule has 1 atom stereocenters. The molecule has 1 saturated heterocycles. The number of carbonyl (C=O) groups is 1. The molecule has 0 aromatic heterocycles. The van der Waals surface area contributed by atoms with E-state index in [1.807, 2.05) is 4.90 Å². The Kier molecular flexibility index (Phi) is 4.80. The summed E-state index contributed by atoms with van der Waals surface area (Å²) >= 11 is 0. The van der Waals surface area contributed by atoms with E-state index in [1.54, 1.807) is 0 Å². The number of carbonyl (C=O) groups excluding carboxylic acids is 1. The molecule has 1 saturated carbocycles. The van der Waals surface area contributed by atoms with Crippen molar-refractivity contribution in [3.63, 3.8) is 0 Å². The summed E-state index contributed by atoms with van der Waals surface area (Å²) in [4.78, 5) is 14.2. The van der Waals surface area contributed by atoms with E-state index >= 15 is 0 Å². The third-order valence-electron chi connectivity index (χ3n) is 3.99. The van der Waals surface area contributed by atoms with Gasteiger partial charge in [-0.15, -0.1) is 0 Å². The molecular formula is C13H24N2O2. The average Bonchev–Trinajstić information content (AvgIpc) is 3.00. The smallest absolute Gasteiger partial charge is 0.225 e. The molecular weight excluding hydrogens is 216 g/mol. The first kappa shape index (κ1) is 12.8. The second-order valence-electron chi connectivity index (χ2n) is 5.28. The van der Waals surface area contributed by atoms with Gasteiger partial charge in [-0.3, -0.25) is 4.79 Å². The Morgan fingerprint density at radius 2 is 2.00 bits per heavy atom. The van der Waals surface area contributed by atoms with Crippen molar-refractivity contribution in [2.75, 3.05) is 26.2 Å². The highest BCUT2D eigenvalue weighted by molar-refractivity contribution is 5.79. The van der Waals surface area contributed by atoms with Crippen LogP contribution in [-0.4, -0.2) is 48.2 Å². The Labute approximate surface area is 103 Å². The van der Waals surface area contributed by atoms with Crippen LogP contribution in [0.1, 0.15) is 38.5 Å². The number of aliphatic hydroxyl groups excluding tert-OH is 1. The fraction of sp³-hybridized carbons (Fsp3) is 0.923. The number of aliphatic hydroxyl groups is 1. The van der Waals surface area contributed by atoms with E-state index < -0.39 is 0 Å². The zero-order valence-electron chi connectivity index (χ0n) is 10.5. The van der Waals surface area contributed by atoms with Gasteiger partial charge in [0.1, 0.15) is 0 Å². The lowest BCUT2D eigenvalue weighted by molar-refractivity contribution is -0.136. The van der Waals surface area contributed by atoms with Crippen molar-refractivity contribution in [3.05, 3.63) is 0 Å². The van der Waals surface area contributed by atoms with Gasteiger partial charge >= 0.3 is 0 Å². The van der Waals surface area contributed by atoms with Gasteiger partial charge in [-0.25, -0.2) is 0 Å². The maximum Gasteiger partial charge on any atom is 0.225 e. The van der Waals surface area contributed by atoms with E-state index in [-0.39, 0.29) is 18.4 Å². The monoisotopic (exact) mass is 240 g/mol. The molecule has 0 spiro atoms. The number of nitrogens with zero attached hydrogens (tertiary/aromatic N) is 1. The molecule has 4 heteroatoms. The van der Waals surface area contributed by atoms with E-state index in [0.717, 1.165) is 32.4 Å². The Balaban J connectivity index is 1.87. The van der Waals surface area contributed by atoms with Crippen LogP contribution in [0.3, 0.4) is 0 Å². The highest BCUT2D eigenvalue weighted by Crippen LogP contribution is 2.26. The second kappa shape index (κ2) is 6.36. The van der Waals surface area contributed by atoms with Gasteiger partial charge in [-0.2, -0.15) is 0 Å². The largest absolute Gasteiger partial charge is 0.395 e. The SMILES string of the molecule is O=C(C1CCCC1)N(CCO)CC1CCCN1. The molecule has 2 fully saturated rings. The van der Waals surface area contributed by atoms with E-state index in [0.29, 0.717) is 12.6 Å². The van der Waals surface area contributed by atoms with Crippen LogP contribution >= 0.6 is 0 Å². The Morgan fingerprint density at radius 1 is 1.24 bits per heavy atom. The Morgan fingerprint density at radius 3 is 2.59 bits per heavy atom. The summed E-state index contributed by atoms with van der Waals surface area (Å²) in [5, 5.41) is 12.5. The molecule has 1 amide bonds. The maximum atomic E-state index is 12.3. The van der Waals surface area contributed by atoms with E-state index in [9.17, 15) is 4.79 Å². The zero-order chi connectivity index (χ0) is 12.1. The van der Waals surface area contributed by atoms with Crippen molar-refractivity contribution in [2.45, 2.75) is 44.6 Å². The normalized spacial score (nSPS) is 25.4. The molecule has 17 heavy (non-hydrogen) atoms. The standard InChI is InChI=1S/C13H24N2O2/c16-9-8-15(10-12-6-3-7-14-12)13(17)11-4-1-2-5-11/h11-12,14,16H,1-10H2. The molecule has 1 heterocycles. The van der Waals surface area contributed by atoms with E-state index in [2.05, 4.69) is 5.32 Å². The molecule has 0 radical (unpaired) electrons. The Hall–Kier alpha value is -0.610. The van der Waals surface area contributed by atoms with Gasteiger partial charge in [-0.05, 0) is 32.2 Å². The number of rotatable bonds is 5. The number of hydrogen-bond acceptors (Lipinski definition) is 3. The van der Waals surface area contributed by atoms with Crippen molar-refractivity contribution in [1.82, 2.24) is 10.2 Å². The van der Waals surface area contributed by atoms with Crippen LogP contribution in [0, 0.1) is 5.92 Å². The summed E-state index contributed by atoms with van der Waals surface area (Å²) in [5.41, 5.74) is 0. The first-order valence-corrected chi connectivity index (χ1v) is 6.94. The van der Waals surface area contributed by atoms with Gasteiger partial charge < -0.3 is 15.3 Å². The Bertz CT molecular complexity index is 246. The van der Waals surface area contributed by atoms with Crippen molar-refractivity contribution in [2.24, 2.45) is 5.92 Å². The highest BCUT2D eigenvalue weighted by atomic mass is 16.3. The highest BCUT2D eigenvalue weighted by Gasteiger charge is 2.28. The van der Waals surface area contributed by atoms with Gasteiger partial charge in [0.2, 0.25) is 5.91 Å². The van der Waals surface area contributed by atoms with Crippen LogP contribution in [0.2, 0.25) is 0 Å². The first-order chi connectivity index (χ1) is 8.31. The molecule has 4 nitrogen and oxygen atoms in total. The average molecular weight is 240 g/mol. The first-order valence-electron chi connectivity index (χ1n) is 6.94. The molecule has 1 aliphatic carbocycles. The van der Waals surface area contributed by atoms with E-state index in [4.69, 9.17) is 5.11 Å². The van der Waals surface area contributed by atoms with Crippen LogP contribution in [0.4, 0.5) is 0 Å². The van der Waals surface area contributed by atoms with Crippen molar-refractivity contribution < 1.29 is 9.90 Å². The minimum Gasteiger partial charge on any atom is -0.395 e. The van der Waals surface area contributed by atoms with Crippen molar-refractivity contribution in [1.29, 1.82) is 0 Å². The van der Waals surface area contributed by atoms with Gasteiger partial charge in [0, 0.05) is 25.0 Å². The predicted molar refractivity (Wildman–Crippen MR) is 66.6 cm³/mol. The maximum absolute atomic E-state index is 12.3. The molecule has 2 rings (SSSR count). The number of nitrogens with one attached hydrogen (secondary N) is 1. The topological polar surface area (TPSA) is 52.6 Å². The second-order valence-corrected chi connectivity index (χ2v) is 5.28. The quantitative estimate of drug-likeness (QED) is 0.745. The molecule has 2 N–H and O–H groups in total. The molecule has 2 aliphatic rings. The summed E-state index contributed by atoms with van der Waals surface area (Å²) in [6.45, 7) is 2.41. The van der Waals surface area contributed by atoms with Crippen LogP contribution in [-0.2, 0) is 4.79 Å². The van der Waals surface area contributed by atoms with Gasteiger partial charge in [0.05, 0.1) is 6.61 Å². The minimum atomic E-state index is 0.0746. The lowest BCUT2D eigenvalue weighted by Gasteiger charge is -2.27. The van der Waals surface area contributed by atoms with Crippen LogP contribution in [0.25, 0.3) is 0 Å². The molecule has 98 valence electrons. The van der Waals surface area contributed by atoms with Crippen LogP contribution in [0.15, 0.2) is 0 Å². The van der Waals surface area contributed by atoms with Gasteiger partial charge in [0.25, 0.3) is 0 Å². The third kappa shape index (κ3) is 3.42. The third-order valence-corrected chi connectivity index (χ3v) is 3.99. The predicted octanol–water partition coefficient (Wildman–Crippen LogP) is 0.750. The van der Waals surface area contributed by atoms with Gasteiger partial charge in [0.15, 0.2) is 0 Å². The van der Waals surface area contributed by atoms with E-state index in [1.165, 1.54) is 19.3 Å². The lowest BCUT2D eigenvalue weighted by atomic mass is 10.1. The van der Waals surface area contributed by atoms with Crippen LogP contribution in [0.5, 0.6) is 0 Å². The summed E-state index contributed by atoms with van der Waals surface area (Å²) < 4.78 is 0. The molecule has 0 aromatic rings. The molecule has 0 aromatic carbocycles. The lowest BCUT2D eigenvalue weighted by Crippen LogP contribution is -2.44. The van der Waals surface area contributed by atoms with Crippen molar-refractivity contribution >= 4 is 5.91 Å². The summed E-state index contributed by atoms with van der Waals surface area (Å²) in [5.74, 6) is 0.494. The minimum absolute atomic E-state index is 0.0746. The summed E-state index contributed by atoms with van der Waals surface area (Å²) in [7, 11) is 0. The summed E-state index contributed by atoms with van der Waals surface area (Å²) in [6.07, 6.45) is 6.81. The fourth-order valence-corrected chi connectivity index (χ4v) is 3.02. The molecule has 0 bridgehead atoms.